The van der Waals surface area contributed by atoms with Gasteiger partial charge in [0, 0.05) is 37.9 Å². The number of nitrogens with two attached hydrogens (primary N) is 1. The first-order valence-electron chi connectivity index (χ1n) is 9.96. The van der Waals surface area contributed by atoms with Gasteiger partial charge in [0.15, 0.2) is 11.8 Å². The molecule has 1 saturated heterocycles. The van der Waals surface area contributed by atoms with Crippen LogP contribution in [0, 0.1) is 6.92 Å². The molecule has 3 heterocycles. The number of amides is 1. The molecule has 152 valence electrons. The number of aromatic nitrogens is 4. The Labute approximate surface area is 169 Å². The van der Waals surface area contributed by atoms with Gasteiger partial charge in [-0.3, -0.25) is 4.79 Å². The van der Waals surface area contributed by atoms with Gasteiger partial charge in [0.05, 0.1) is 12.2 Å². The molecule has 0 radical (unpaired) electrons. The van der Waals surface area contributed by atoms with Crippen molar-refractivity contribution >= 4 is 17.1 Å². The van der Waals surface area contributed by atoms with Gasteiger partial charge in [0.25, 0.3) is 5.91 Å². The Morgan fingerprint density at radius 2 is 2.03 bits per heavy atom. The average Bonchev–Trinajstić information content (AvgIpc) is 3.35. The second-order valence-electron chi connectivity index (χ2n) is 7.47. The lowest BCUT2D eigenvalue weighted by atomic mass is 10.0. The Kier molecular flexibility index (Phi) is 5.44. The molecule has 0 bridgehead atoms. The van der Waals surface area contributed by atoms with Crippen molar-refractivity contribution in [2.45, 2.75) is 38.8 Å². The molecule has 2 N–H and O–H groups in total. The Bertz CT molecular complexity index is 1000. The number of aryl methyl sites for hydroxylation is 1. The largest absolute Gasteiger partial charge is 0.481 e. The second kappa shape index (κ2) is 8.16. The van der Waals surface area contributed by atoms with Gasteiger partial charge in [0.2, 0.25) is 0 Å². The molecule has 1 aromatic carbocycles. The van der Waals surface area contributed by atoms with Gasteiger partial charge in [-0.1, -0.05) is 17.7 Å². The molecular weight excluding hydrogens is 368 g/mol. The summed E-state index contributed by atoms with van der Waals surface area (Å²) in [5.41, 5.74) is 9.29. The zero-order valence-electron chi connectivity index (χ0n) is 16.8. The first-order valence-corrected chi connectivity index (χ1v) is 9.96. The summed E-state index contributed by atoms with van der Waals surface area (Å²) in [4.78, 5) is 23.6. The average molecular weight is 394 g/mol. The zero-order valence-corrected chi connectivity index (χ0v) is 16.8. The quantitative estimate of drug-likeness (QED) is 0.685. The number of fused-ring (bicyclic) bond motifs is 1. The van der Waals surface area contributed by atoms with E-state index in [1.165, 1.54) is 0 Å². The molecule has 3 aromatic rings. The monoisotopic (exact) mass is 394 g/mol. The van der Waals surface area contributed by atoms with Crippen molar-refractivity contribution in [2.24, 2.45) is 5.73 Å². The summed E-state index contributed by atoms with van der Waals surface area (Å²) in [6, 6.07) is 7.73. The normalized spacial score (nSPS) is 17.6. The molecular formula is C21H26N6O2. The van der Waals surface area contributed by atoms with E-state index in [1.54, 1.807) is 19.3 Å². The van der Waals surface area contributed by atoms with Gasteiger partial charge in [-0.25, -0.2) is 14.6 Å². The van der Waals surface area contributed by atoms with Crippen LogP contribution in [0.15, 0.2) is 36.7 Å². The minimum absolute atomic E-state index is 0.00939. The highest BCUT2D eigenvalue weighted by molar-refractivity contribution is 5.81. The summed E-state index contributed by atoms with van der Waals surface area (Å²) in [6.45, 7) is 6.17. The second-order valence-corrected chi connectivity index (χ2v) is 7.47. The molecule has 0 saturated carbocycles. The van der Waals surface area contributed by atoms with Crippen molar-refractivity contribution < 1.29 is 9.53 Å². The van der Waals surface area contributed by atoms with E-state index in [-0.39, 0.29) is 11.8 Å². The number of nitrogens with zero attached hydrogens (tertiary/aromatic N) is 5. The summed E-state index contributed by atoms with van der Waals surface area (Å²) in [5, 5.41) is 4.72. The molecule has 0 aliphatic carbocycles. The van der Waals surface area contributed by atoms with E-state index in [0.29, 0.717) is 31.9 Å². The molecule has 8 heteroatoms. The smallest absolute Gasteiger partial charge is 0.263 e. The molecule has 0 unspecified atom stereocenters. The van der Waals surface area contributed by atoms with Crippen LogP contribution >= 0.6 is 0 Å². The molecule has 2 aromatic heterocycles. The molecule has 1 aliphatic heterocycles. The van der Waals surface area contributed by atoms with E-state index in [4.69, 9.17) is 15.6 Å². The fraction of sp³-hybridized carbons (Fsp3) is 0.429. The molecule has 1 amide bonds. The third-order valence-corrected chi connectivity index (χ3v) is 5.30. The number of hydrogen-bond acceptors (Lipinski definition) is 6. The Morgan fingerprint density at radius 3 is 2.79 bits per heavy atom. The van der Waals surface area contributed by atoms with Gasteiger partial charge in [0.1, 0.15) is 11.3 Å². The lowest BCUT2D eigenvalue weighted by molar-refractivity contribution is -0.136. The lowest BCUT2D eigenvalue weighted by Crippen LogP contribution is -2.39. The van der Waals surface area contributed by atoms with Crippen LogP contribution in [0.3, 0.4) is 0 Å². The molecule has 29 heavy (non-hydrogen) atoms. The van der Waals surface area contributed by atoms with Crippen LogP contribution in [0.4, 0.5) is 0 Å². The van der Waals surface area contributed by atoms with Crippen LogP contribution in [-0.4, -0.2) is 56.3 Å². The van der Waals surface area contributed by atoms with Crippen molar-refractivity contribution in [1.29, 1.82) is 0 Å². The first kappa shape index (κ1) is 19.3. The predicted octanol–water partition coefficient (Wildman–Crippen LogP) is 1.88. The van der Waals surface area contributed by atoms with Crippen molar-refractivity contribution in [1.82, 2.24) is 24.6 Å². The number of rotatable bonds is 6. The predicted molar refractivity (Wildman–Crippen MR) is 110 cm³/mol. The van der Waals surface area contributed by atoms with E-state index in [9.17, 15) is 4.79 Å². The van der Waals surface area contributed by atoms with E-state index >= 15 is 0 Å². The van der Waals surface area contributed by atoms with Crippen LogP contribution in [0.25, 0.3) is 11.2 Å². The fourth-order valence-corrected chi connectivity index (χ4v) is 3.79. The first-order chi connectivity index (χ1) is 14.1. The Morgan fingerprint density at radius 1 is 1.28 bits per heavy atom. The molecule has 1 fully saturated rings. The summed E-state index contributed by atoms with van der Waals surface area (Å²) < 4.78 is 7.65. The van der Waals surface area contributed by atoms with Crippen LogP contribution in [0.5, 0.6) is 5.75 Å². The zero-order chi connectivity index (χ0) is 20.4. The van der Waals surface area contributed by atoms with Gasteiger partial charge >= 0.3 is 0 Å². The number of hydrogen-bond donors (Lipinski definition) is 1. The maximum absolute atomic E-state index is 12.9. The summed E-state index contributed by atoms with van der Waals surface area (Å²) in [6.07, 6.45) is 3.64. The standard InChI is InChI=1S/C21H26N6O2/c1-14-3-5-17(6-4-14)29-15(2)21(28)26-11-7-16(13-26)18-19-20(24-10-9-23-19)27(25-18)12-8-22/h3-6,9-10,15-16H,7-8,11-13,22H2,1-2H3/t15-,16+/m0/s1. The van der Waals surface area contributed by atoms with E-state index in [1.807, 2.05) is 40.8 Å². The van der Waals surface area contributed by atoms with Crippen LogP contribution < -0.4 is 10.5 Å². The maximum Gasteiger partial charge on any atom is 0.263 e. The van der Waals surface area contributed by atoms with Gasteiger partial charge in [-0.05, 0) is 32.4 Å². The summed E-state index contributed by atoms with van der Waals surface area (Å²) in [7, 11) is 0. The van der Waals surface area contributed by atoms with E-state index in [0.717, 1.165) is 28.8 Å². The fourth-order valence-electron chi connectivity index (χ4n) is 3.79. The molecule has 4 rings (SSSR count). The number of benzene rings is 1. The third-order valence-electron chi connectivity index (χ3n) is 5.30. The van der Waals surface area contributed by atoms with Gasteiger partial charge in [-0.2, -0.15) is 5.10 Å². The van der Waals surface area contributed by atoms with Gasteiger partial charge in [-0.15, -0.1) is 0 Å². The highest BCUT2D eigenvalue weighted by Crippen LogP contribution is 2.30. The third kappa shape index (κ3) is 3.93. The molecule has 2 atom stereocenters. The number of ether oxygens (including phenoxy) is 1. The lowest BCUT2D eigenvalue weighted by Gasteiger charge is -2.21. The van der Waals surface area contributed by atoms with E-state index in [2.05, 4.69) is 9.97 Å². The molecule has 1 aliphatic rings. The van der Waals surface area contributed by atoms with Crippen molar-refractivity contribution in [3.8, 4) is 5.75 Å². The van der Waals surface area contributed by atoms with Gasteiger partial charge < -0.3 is 15.4 Å². The minimum Gasteiger partial charge on any atom is -0.481 e. The highest BCUT2D eigenvalue weighted by Gasteiger charge is 2.33. The van der Waals surface area contributed by atoms with Crippen LogP contribution in [-0.2, 0) is 11.3 Å². The van der Waals surface area contributed by atoms with Crippen molar-refractivity contribution in [3.63, 3.8) is 0 Å². The topological polar surface area (TPSA) is 99.2 Å². The van der Waals surface area contributed by atoms with E-state index < -0.39 is 6.10 Å². The summed E-state index contributed by atoms with van der Waals surface area (Å²) >= 11 is 0. The Hall–Kier alpha value is -3.00. The molecule has 8 nitrogen and oxygen atoms in total. The minimum atomic E-state index is -0.539. The maximum atomic E-state index is 12.9. The number of carbonyl (C=O) groups excluding carboxylic acids is 1. The van der Waals surface area contributed by atoms with Crippen LogP contribution in [0.2, 0.25) is 0 Å². The number of carbonyl (C=O) groups is 1. The SMILES string of the molecule is Cc1ccc(O[C@@H](C)C(=O)N2CC[C@@H](c3nn(CCN)c4nccnc34)C2)cc1. The van der Waals surface area contributed by atoms with Crippen molar-refractivity contribution in [3.05, 3.63) is 47.9 Å². The van der Waals surface area contributed by atoms with Crippen LogP contribution in [0.1, 0.15) is 30.5 Å². The van der Waals surface area contributed by atoms with Crippen molar-refractivity contribution in [2.75, 3.05) is 19.6 Å². The molecule has 0 spiro atoms. The highest BCUT2D eigenvalue weighted by atomic mass is 16.5. The summed E-state index contributed by atoms with van der Waals surface area (Å²) in [5.74, 6) is 0.822. The number of likely N-dealkylation sites (tertiary alicyclic amines) is 1. The Balaban J connectivity index is 1.47.